The van der Waals surface area contributed by atoms with Crippen molar-refractivity contribution >= 4 is 55.0 Å². The minimum atomic E-state index is -0.967. The zero-order valence-corrected chi connectivity index (χ0v) is 17.8. The van der Waals surface area contributed by atoms with Crippen LogP contribution in [0.15, 0.2) is 39.3 Å². The smallest absolute Gasteiger partial charge is 0.277 e. The van der Waals surface area contributed by atoms with Gasteiger partial charge in [0.15, 0.2) is 6.61 Å². The molecule has 29 heavy (non-hydrogen) atoms. The van der Waals surface area contributed by atoms with Crippen LogP contribution in [-0.4, -0.2) is 28.3 Å². The predicted molar refractivity (Wildman–Crippen MR) is 107 cm³/mol. The average Bonchev–Trinajstić information content (AvgIpc) is 2.64. The van der Waals surface area contributed by atoms with Crippen LogP contribution in [0.4, 0.5) is 11.4 Å². The highest BCUT2D eigenvalue weighted by atomic mass is 79.9. The Balaban J connectivity index is 2.01. The molecule has 2 amide bonds. The van der Waals surface area contributed by atoms with Gasteiger partial charge in [-0.2, -0.15) is 0 Å². The number of nitrogens with one attached hydrogen (secondary N) is 2. The number of aryl methyl sites for hydroxylation is 1. The van der Waals surface area contributed by atoms with Gasteiger partial charge in [-0.05, 0) is 40.5 Å². The topological polar surface area (TPSA) is 154 Å². The van der Waals surface area contributed by atoms with Crippen LogP contribution in [0.5, 0.6) is 5.75 Å². The fourth-order valence-corrected chi connectivity index (χ4v) is 3.73. The first-order valence-electron chi connectivity index (χ1n) is 7.70. The average molecular weight is 532 g/mol. The SMILES string of the molecule is Cc1cc(Br)cc(Br)c1OCC(=O)NNC(=O)c1cc([N+](=O)[O-])cc([N+](=O)[O-])c1. The molecule has 0 bridgehead atoms. The van der Waals surface area contributed by atoms with E-state index in [-0.39, 0.29) is 5.56 Å². The van der Waals surface area contributed by atoms with Crippen molar-refractivity contribution in [3.63, 3.8) is 0 Å². The Kier molecular flexibility index (Phi) is 7.23. The molecule has 2 N–H and O–H groups in total. The summed E-state index contributed by atoms with van der Waals surface area (Å²) in [4.78, 5) is 44.0. The Morgan fingerprint density at radius 3 is 2.10 bits per heavy atom. The monoisotopic (exact) mass is 530 g/mol. The minimum Gasteiger partial charge on any atom is -0.482 e. The van der Waals surface area contributed by atoms with Crippen LogP contribution in [0.2, 0.25) is 0 Å². The van der Waals surface area contributed by atoms with Gasteiger partial charge in [0.1, 0.15) is 5.75 Å². The van der Waals surface area contributed by atoms with E-state index < -0.39 is 39.6 Å². The molecule has 0 heterocycles. The molecular weight excluding hydrogens is 520 g/mol. The quantitative estimate of drug-likeness (QED) is 0.428. The molecule has 0 aliphatic heterocycles. The van der Waals surface area contributed by atoms with Crippen molar-refractivity contribution in [2.45, 2.75) is 6.92 Å². The number of hydrazine groups is 1. The van der Waals surface area contributed by atoms with Crippen molar-refractivity contribution in [2.24, 2.45) is 0 Å². The standard InChI is InChI=1S/C16H12Br2N4O7/c1-8-2-10(17)5-13(18)15(8)29-7-14(23)19-20-16(24)9-3-11(21(25)26)6-12(4-9)22(27)28/h2-6H,7H2,1H3,(H,19,23)(H,20,24). The Bertz CT molecular complexity index is 958. The summed E-state index contributed by atoms with van der Waals surface area (Å²) in [7, 11) is 0. The Labute approximate surface area is 179 Å². The highest BCUT2D eigenvalue weighted by Gasteiger charge is 2.20. The molecule has 152 valence electrons. The first-order chi connectivity index (χ1) is 13.6. The van der Waals surface area contributed by atoms with E-state index in [1.165, 1.54) is 0 Å². The van der Waals surface area contributed by atoms with Crippen LogP contribution in [0.1, 0.15) is 15.9 Å². The van der Waals surface area contributed by atoms with Gasteiger partial charge in [-0.3, -0.25) is 40.7 Å². The number of benzene rings is 2. The zero-order chi connectivity index (χ0) is 21.7. The van der Waals surface area contributed by atoms with Crippen LogP contribution in [0.25, 0.3) is 0 Å². The van der Waals surface area contributed by atoms with E-state index in [1.807, 2.05) is 5.43 Å². The summed E-state index contributed by atoms with van der Waals surface area (Å²) in [6.07, 6.45) is 0. The fraction of sp³-hybridized carbons (Fsp3) is 0.125. The number of ether oxygens (including phenoxy) is 1. The number of nitrogens with zero attached hydrogens (tertiary/aromatic N) is 2. The Morgan fingerprint density at radius 1 is 1.00 bits per heavy atom. The van der Waals surface area contributed by atoms with Gasteiger partial charge in [0.25, 0.3) is 23.2 Å². The molecule has 0 aromatic heterocycles. The molecule has 0 radical (unpaired) electrons. The zero-order valence-electron chi connectivity index (χ0n) is 14.6. The van der Waals surface area contributed by atoms with Gasteiger partial charge in [-0.1, -0.05) is 15.9 Å². The molecule has 0 atom stereocenters. The van der Waals surface area contributed by atoms with Crippen molar-refractivity contribution < 1.29 is 24.2 Å². The first-order valence-corrected chi connectivity index (χ1v) is 9.28. The number of amides is 2. The maximum Gasteiger partial charge on any atom is 0.277 e. The van der Waals surface area contributed by atoms with Crippen molar-refractivity contribution in [2.75, 3.05) is 6.61 Å². The van der Waals surface area contributed by atoms with Gasteiger partial charge in [-0.25, -0.2) is 0 Å². The largest absolute Gasteiger partial charge is 0.482 e. The Hall–Kier alpha value is -3.06. The number of nitro benzene ring substituents is 2. The highest BCUT2D eigenvalue weighted by molar-refractivity contribution is 9.11. The maximum absolute atomic E-state index is 12.1. The third-order valence-corrected chi connectivity index (χ3v) is 4.49. The normalized spacial score (nSPS) is 10.2. The highest BCUT2D eigenvalue weighted by Crippen LogP contribution is 2.32. The van der Waals surface area contributed by atoms with Crippen LogP contribution in [-0.2, 0) is 4.79 Å². The second kappa shape index (κ2) is 9.43. The molecule has 0 fully saturated rings. The van der Waals surface area contributed by atoms with Gasteiger partial charge in [-0.15, -0.1) is 0 Å². The van der Waals surface area contributed by atoms with Crippen molar-refractivity contribution in [1.82, 2.24) is 10.9 Å². The van der Waals surface area contributed by atoms with Crippen molar-refractivity contribution in [3.05, 3.63) is 70.6 Å². The molecule has 13 heteroatoms. The molecule has 0 aliphatic rings. The number of hydrogen-bond donors (Lipinski definition) is 2. The number of rotatable bonds is 6. The van der Waals surface area contributed by atoms with Gasteiger partial charge >= 0.3 is 0 Å². The van der Waals surface area contributed by atoms with E-state index in [9.17, 15) is 29.8 Å². The molecule has 2 aromatic rings. The van der Waals surface area contributed by atoms with E-state index in [4.69, 9.17) is 4.74 Å². The summed E-state index contributed by atoms with van der Waals surface area (Å²) < 4.78 is 6.85. The first kappa shape index (κ1) is 22.2. The van der Waals surface area contributed by atoms with E-state index in [1.54, 1.807) is 19.1 Å². The maximum atomic E-state index is 12.1. The number of halogens is 2. The third kappa shape index (κ3) is 5.96. The molecule has 0 unspecified atom stereocenters. The second-order valence-corrected chi connectivity index (χ2v) is 7.35. The third-order valence-electron chi connectivity index (χ3n) is 3.44. The molecule has 0 saturated carbocycles. The number of carbonyl (C=O) groups is 2. The summed E-state index contributed by atoms with van der Waals surface area (Å²) in [5, 5.41) is 21.7. The molecule has 0 saturated heterocycles. The summed E-state index contributed by atoms with van der Waals surface area (Å²) in [5.74, 6) is -1.25. The molecule has 0 spiro atoms. The van der Waals surface area contributed by atoms with E-state index >= 15 is 0 Å². The van der Waals surface area contributed by atoms with Crippen LogP contribution >= 0.6 is 31.9 Å². The summed E-state index contributed by atoms with van der Waals surface area (Å²) >= 11 is 6.63. The van der Waals surface area contributed by atoms with E-state index in [0.29, 0.717) is 10.2 Å². The summed E-state index contributed by atoms with van der Waals surface area (Å²) in [5.41, 5.74) is 3.23. The number of carbonyl (C=O) groups excluding carboxylic acids is 2. The van der Waals surface area contributed by atoms with E-state index in [0.717, 1.165) is 28.2 Å². The lowest BCUT2D eigenvalue weighted by Crippen LogP contribution is -2.43. The lowest BCUT2D eigenvalue weighted by Gasteiger charge is -2.12. The predicted octanol–water partition coefficient (Wildman–Crippen LogP) is 3.18. The summed E-state index contributed by atoms with van der Waals surface area (Å²) in [6, 6.07) is 5.95. The lowest BCUT2D eigenvalue weighted by atomic mass is 10.1. The lowest BCUT2D eigenvalue weighted by molar-refractivity contribution is -0.394. The fourth-order valence-electron chi connectivity index (χ4n) is 2.18. The van der Waals surface area contributed by atoms with E-state index in [2.05, 4.69) is 37.3 Å². The molecule has 0 aliphatic carbocycles. The second-order valence-electron chi connectivity index (χ2n) is 5.58. The van der Waals surface area contributed by atoms with Gasteiger partial charge < -0.3 is 4.74 Å². The molecule has 11 nitrogen and oxygen atoms in total. The number of hydrogen-bond acceptors (Lipinski definition) is 7. The van der Waals surface area contributed by atoms with Gasteiger partial charge in [0, 0.05) is 16.6 Å². The van der Waals surface area contributed by atoms with Crippen LogP contribution < -0.4 is 15.6 Å². The molecular formula is C16H12Br2N4O7. The van der Waals surface area contributed by atoms with Crippen molar-refractivity contribution in [1.29, 1.82) is 0 Å². The number of nitro groups is 2. The van der Waals surface area contributed by atoms with Crippen LogP contribution in [0, 0.1) is 27.2 Å². The Morgan fingerprint density at radius 2 is 1.59 bits per heavy atom. The van der Waals surface area contributed by atoms with Gasteiger partial charge in [0.05, 0.1) is 25.9 Å². The molecule has 2 rings (SSSR count). The summed E-state index contributed by atoms with van der Waals surface area (Å²) in [6.45, 7) is 1.34. The minimum absolute atomic E-state index is 0.362. The number of non-ortho nitro benzene ring substituents is 2. The van der Waals surface area contributed by atoms with Crippen molar-refractivity contribution in [3.8, 4) is 5.75 Å². The van der Waals surface area contributed by atoms with Crippen LogP contribution in [0.3, 0.4) is 0 Å². The molecule has 2 aromatic carbocycles. The van der Waals surface area contributed by atoms with Gasteiger partial charge in [0.2, 0.25) is 0 Å².